The number of nitrogens with zero attached hydrogens (tertiary/aromatic N) is 2. The van der Waals surface area contributed by atoms with Gasteiger partial charge in [0.05, 0.1) is 17.5 Å². The number of para-hydroxylation sites is 2. The summed E-state index contributed by atoms with van der Waals surface area (Å²) in [5, 5.41) is -0.188. The summed E-state index contributed by atoms with van der Waals surface area (Å²) in [6.45, 7) is 4.52. The number of imidazole rings is 1. The molecule has 0 aliphatic rings. The van der Waals surface area contributed by atoms with Gasteiger partial charge in [-0.25, -0.2) is 4.98 Å². The molecule has 0 aliphatic carbocycles. The van der Waals surface area contributed by atoms with Crippen LogP contribution in [0.2, 0.25) is 0 Å². The lowest BCUT2D eigenvalue weighted by Gasteiger charge is -2.10. The average molecular weight is 301 g/mol. The lowest BCUT2D eigenvalue weighted by molar-refractivity contribution is 0.343. The molecule has 108 valence electrons. The lowest BCUT2D eigenvalue weighted by atomic mass is 10.2. The van der Waals surface area contributed by atoms with E-state index in [0.29, 0.717) is 6.61 Å². The highest BCUT2D eigenvalue weighted by atomic mass is 35.5. The molecule has 0 N–H and O–H groups in total. The van der Waals surface area contributed by atoms with Crippen molar-refractivity contribution in [1.82, 2.24) is 9.55 Å². The summed E-state index contributed by atoms with van der Waals surface area (Å²) in [5.41, 5.74) is 2.91. The third-order valence-electron chi connectivity index (χ3n) is 3.34. The fourth-order valence-corrected chi connectivity index (χ4v) is 2.63. The van der Waals surface area contributed by atoms with E-state index in [0.717, 1.165) is 28.3 Å². The topological polar surface area (TPSA) is 27.1 Å². The molecule has 3 aromatic rings. The van der Waals surface area contributed by atoms with Crippen molar-refractivity contribution in [3.63, 3.8) is 0 Å². The van der Waals surface area contributed by atoms with E-state index in [1.807, 2.05) is 50.2 Å². The molecule has 3 nitrogen and oxygen atoms in total. The third-order valence-corrected chi connectivity index (χ3v) is 3.54. The fourth-order valence-electron chi connectivity index (χ4n) is 2.48. The van der Waals surface area contributed by atoms with Gasteiger partial charge in [0.1, 0.15) is 17.1 Å². The highest BCUT2D eigenvalue weighted by Crippen LogP contribution is 2.32. The van der Waals surface area contributed by atoms with Crippen molar-refractivity contribution in [3.05, 3.63) is 54.4 Å². The van der Waals surface area contributed by atoms with Crippen LogP contribution in [0.5, 0.6) is 5.75 Å². The number of fused-ring (bicyclic) bond motifs is 1. The maximum absolute atomic E-state index is 6.33. The molecule has 4 heteroatoms. The molecular weight excluding hydrogens is 284 g/mol. The SMILES string of the molecule is CCOc1cccc2c1nc(C(C)Cl)n2-c1ccccc1. The van der Waals surface area contributed by atoms with E-state index >= 15 is 0 Å². The summed E-state index contributed by atoms with van der Waals surface area (Å²) >= 11 is 6.33. The van der Waals surface area contributed by atoms with Crippen LogP contribution >= 0.6 is 11.6 Å². The van der Waals surface area contributed by atoms with Gasteiger partial charge in [-0.05, 0) is 38.1 Å². The summed E-state index contributed by atoms with van der Waals surface area (Å²) in [6.07, 6.45) is 0. The van der Waals surface area contributed by atoms with Crippen molar-refractivity contribution in [1.29, 1.82) is 0 Å². The molecule has 1 atom stereocenters. The van der Waals surface area contributed by atoms with Gasteiger partial charge in [0, 0.05) is 5.69 Å². The number of rotatable bonds is 4. The van der Waals surface area contributed by atoms with Gasteiger partial charge in [0.15, 0.2) is 0 Å². The van der Waals surface area contributed by atoms with Crippen LogP contribution in [0, 0.1) is 0 Å². The van der Waals surface area contributed by atoms with E-state index in [1.54, 1.807) is 0 Å². The van der Waals surface area contributed by atoms with E-state index in [4.69, 9.17) is 21.3 Å². The van der Waals surface area contributed by atoms with Gasteiger partial charge in [0.25, 0.3) is 0 Å². The standard InChI is InChI=1S/C17H17ClN2O/c1-3-21-15-11-7-10-14-16(15)19-17(12(2)18)20(14)13-8-5-4-6-9-13/h4-12H,3H2,1-2H3. The third kappa shape index (κ3) is 2.49. The van der Waals surface area contributed by atoms with Gasteiger partial charge in [-0.2, -0.15) is 0 Å². The van der Waals surface area contributed by atoms with Crippen LogP contribution in [0.1, 0.15) is 25.0 Å². The zero-order valence-corrected chi connectivity index (χ0v) is 12.8. The second kappa shape index (κ2) is 5.78. The first-order valence-electron chi connectivity index (χ1n) is 7.06. The number of ether oxygens (including phenoxy) is 1. The molecule has 0 saturated carbocycles. The predicted molar refractivity (Wildman–Crippen MR) is 86.5 cm³/mol. The zero-order valence-electron chi connectivity index (χ0n) is 12.1. The second-order valence-electron chi connectivity index (χ2n) is 4.81. The van der Waals surface area contributed by atoms with E-state index in [9.17, 15) is 0 Å². The Balaban J connectivity index is 2.31. The minimum absolute atomic E-state index is 0.188. The lowest BCUT2D eigenvalue weighted by Crippen LogP contribution is -2.01. The molecule has 1 unspecified atom stereocenters. The van der Waals surface area contributed by atoms with Gasteiger partial charge < -0.3 is 4.74 Å². The quantitative estimate of drug-likeness (QED) is 0.652. The van der Waals surface area contributed by atoms with Crippen LogP contribution in [-0.4, -0.2) is 16.2 Å². The van der Waals surface area contributed by atoms with Crippen molar-refractivity contribution < 1.29 is 4.74 Å². The molecule has 0 spiro atoms. The molecule has 21 heavy (non-hydrogen) atoms. The Morgan fingerprint density at radius 2 is 1.90 bits per heavy atom. The second-order valence-corrected chi connectivity index (χ2v) is 5.47. The highest BCUT2D eigenvalue weighted by Gasteiger charge is 2.18. The van der Waals surface area contributed by atoms with Crippen molar-refractivity contribution in [2.24, 2.45) is 0 Å². The van der Waals surface area contributed by atoms with Gasteiger partial charge in [-0.3, -0.25) is 4.57 Å². The molecule has 0 bridgehead atoms. The van der Waals surface area contributed by atoms with Crippen molar-refractivity contribution in [2.75, 3.05) is 6.61 Å². The number of alkyl halides is 1. The zero-order chi connectivity index (χ0) is 14.8. The predicted octanol–water partition coefficient (Wildman–Crippen LogP) is 4.72. The molecule has 0 fully saturated rings. The molecule has 1 aromatic heterocycles. The Hall–Kier alpha value is -2.00. The normalized spacial score (nSPS) is 12.5. The molecule has 3 rings (SSSR count). The van der Waals surface area contributed by atoms with Crippen LogP contribution in [0.25, 0.3) is 16.7 Å². The van der Waals surface area contributed by atoms with Crippen molar-refractivity contribution in [3.8, 4) is 11.4 Å². The van der Waals surface area contributed by atoms with E-state index in [1.165, 1.54) is 0 Å². The van der Waals surface area contributed by atoms with Gasteiger partial charge in [0.2, 0.25) is 0 Å². The largest absolute Gasteiger partial charge is 0.492 e. The van der Waals surface area contributed by atoms with E-state index < -0.39 is 0 Å². The Kier molecular flexibility index (Phi) is 3.84. The van der Waals surface area contributed by atoms with Gasteiger partial charge in [-0.15, -0.1) is 11.6 Å². The first-order chi connectivity index (χ1) is 10.2. The van der Waals surface area contributed by atoms with Crippen molar-refractivity contribution >= 4 is 22.6 Å². The van der Waals surface area contributed by atoms with Crippen LogP contribution in [0.3, 0.4) is 0 Å². The smallest absolute Gasteiger partial charge is 0.147 e. The highest BCUT2D eigenvalue weighted by molar-refractivity contribution is 6.20. The van der Waals surface area contributed by atoms with E-state index in [2.05, 4.69) is 16.7 Å². The number of benzene rings is 2. The maximum atomic E-state index is 6.33. The first kappa shape index (κ1) is 14.0. The Morgan fingerprint density at radius 3 is 2.57 bits per heavy atom. The summed E-state index contributed by atoms with van der Waals surface area (Å²) in [4.78, 5) is 4.71. The molecular formula is C17H17ClN2O. The van der Waals surface area contributed by atoms with Gasteiger partial charge in [-0.1, -0.05) is 24.3 Å². The van der Waals surface area contributed by atoms with Crippen LogP contribution in [-0.2, 0) is 0 Å². The van der Waals surface area contributed by atoms with Crippen LogP contribution in [0.15, 0.2) is 48.5 Å². The Bertz CT molecular complexity index is 750. The van der Waals surface area contributed by atoms with Crippen LogP contribution < -0.4 is 4.74 Å². The monoisotopic (exact) mass is 300 g/mol. The average Bonchev–Trinajstić information content (AvgIpc) is 2.89. The summed E-state index contributed by atoms with van der Waals surface area (Å²) in [7, 11) is 0. The molecule has 1 heterocycles. The summed E-state index contributed by atoms with van der Waals surface area (Å²) < 4.78 is 7.78. The minimum Gasteiger partial charge on any atom is -0.492 e. The number of aromatic nitrogens is 2. The number of halogens is 1. The Morgan fingerprint density at radius 1 is 1.14 bits per heavy atom. The summed E-state index contributed by atoms with van der Waals surface area (Å²) in [6, 6.07) is 16.1. The minimum atomic E-state index is -0.188. The Labute approximate surface area is 129 Å². The summed E-state index contributed by atoms with van der Waals surface area (Å²) in [5.74, 6) is 1.62. The van der Waals surface area contributed by atoms with Crippen molar-refractivity contribution in [2.45, 2.75) is 19.2 Å². The molecule has 0 aliphatic heterocycles. The van der Waals surface area contributed by atoms with E-state index in [-0.39, 0.29) is 5.38 Å². The molecule has 0 radical (unpaired) electrons. The number of hydrogen-bond donors (Lipinski definition) is 0. The van der Waals surface area contributed by atoms with Crippen LogP contribution in [0.4, 0.5) is 0 Å². The first-order valence-corrected chi connectivity index (χ1v) is 7.49. The molecule has 0 saturated heterocycles. The number of hydrogen-bond acceptors (Lipinski definition) is 2. The molecule has 0 amide bonds. The fraction of sp³-hybridized carbons (Fsp3) is 0.235. The maximum Gasteiger partial charge on any atom is 0.147 e. The van der Waals surface area contributed by atoms with Gasteiger partial charge >= 0.3 is 0 Å². The molecule has 2 aromatic carbocycles.